The first-order chi connectivity index (χ1) is 6.29. The van der Waals surface area contributed by atoms with Gasteiger partial charge < -0.3 is 0 Å². The van der Waals surface area contributed by atoms with E-state index in [1.807, 2.05) is 6.07 Å². The van der Waals surface area contributed by atoms with Gasteiger partial charge in [0.1, 0.15) is 0 Å². The van der Waals surface area contributed by atoms with Crippen LogP contribution in [-0.4, -0.2) is 35.3 Å². The van der Waals surface area contributed by atoms with Crippen LogP contribution in [0.1, 0.15) is 9.23 Å². The van der Waals surface area contributed by atoms with E-state index in [2.05, 4.69) is 34.1 Å². The summed E-state index contributed by atoms with van der Waals surface area (Å²) in [6.45, 7) is 0. The predicted octanol–water partition coefficient (Wildman–Crippen LogP) is 2.04. The Morgan fingerprint density at radius 2 is 1.77 bits per heavy atom. The Labute approximate surface area is 96.4 Å². The fraction of sp³-hybridized carbons (Fsp3) is 0. The van der Waals surface area contributed by atoms with Crippen molar-refractivity contribution >= 4 is 51.2 Å². The van der Waals surface area contributed by atoms with Crippen LogP contribution in [0.15, 0.2) is 27.6 Å². The summed E-state index contributed by atoms with van der Waals surface area (Å²) in [4.78, 5) is 10.5. The van der Waals surface area contributed by atoms with Gasteiger partial charge in [-0.25, -0.2) is 0 Å². The summed E-state index contributed by atoms with van der Waals surface area (Å²) >= 11 is 4.17. The quantitative estimate of drug-likeness (QED) is 0.587. The third-order valence-electron chi connectivity index (χ3n) is 1.56. The maximum atomic E-state index is 10.5. The molecule has 0 saturated carbocycles. The number of aldehydes is 1. The van der Waals surface area contributed by atoms with Crippen LogP contribution in [0.25, 0.3) is 8.87 Å². The summed E-state index contributed by atoms with van der Waals surface area (Å²) in [5, 5.41) is 0. The van der Waals surface area contributed by atoms with Crippen molar-refractivity contribution in [1.82, 2.24) is 0 Å². The SMILES string of the molecule is O=Cc1ccc(-c2ccc(Br)[se]2)[se]1. The molecule has 2 aromatic rings. The molecule has 2 aromatic heterocycles. The Bertz CT molecular complexity index is 430. The molecule has 2 rings (SSSR count). The van der Waals surface area contributed by atoms with Crippen LogP contribution in [0.5, 0.6) is 0 Å². The van der Waals surface area contributed by atoms with Crippen LogP contribution in [0.2, 0.25) is 0 Å². The van der Waals surface area contributed by atoms with Crippen LogP contribution in [0.3, 0.4) is 0 Å². The Balaban J connectivity index is 2.40. The standard InChI is InChI=1S/C9H5BrOSe2/c10-9-4-3-8(13-9)7-2-1-6(5-11)12-7/h1-5H. The van der Waals surface area contributed by atoms with Gasteiger partial charge in [-0.3, -0.25) is 0 Å². The van der Waals surface area contributed by atoms with Crippen molar-refractivity contribution in [2.24, 2.45) is 0 Å². The summed E-state index contributed by atoms with van der Waals surface area (Å²) in [7, 11) is 0. The fourth-order valence-corrected chi connectivity index (χ4v) is 5.87. The minimum atomic E-state index is 0.251. The number of hydrogen-bond acceptors (Lipinski definition) is 1. The van der Waals surface area contributed by atoms with Gasteiger partial charge in [-0.05, 0) is 0 Å². The Hall–Kier alpha value is 0.149. The molecule has 0 aliphatic rings. The molecule has 0 N–H and O–H groups in total. The van der Waals surface area contributed by atoms with Gasteiger partial charge in [0, 0.05) is 0 Å². The molecular formula is C9H5BrOSe2. The van der Waals surface area contributed by atoms with Gasteiger partial charge in [0.05, 0.1) is 0 Å². The van der Waals surface area contributed by atoms with Crippen molar-refractivity contribution in [1.29, 1.82) is 0 Å². The van der Waals surface area contributed by atoms with Crippen molar-refractivity contribution in [2.75, 3.05) is 0 Å². The fourth-order valence-electron chi connectivity index (χ4n) is 0.995. The van der Waals surface area contributed by atoms with E-state index in [1.54, 1.807) is 0 Å². The Kier molecular flexibility index (Phi) is 3.07. The van der Waals surface area contributed by atoms with Gasteiger partial charge in [-0.1, -0.05) is 0 Å². The van der Waals surface area contributed by atoms with E-state index in [9.17, 15) is 4.79 Å². The second-order valence-corrected chi connectivity index (χ2v) is 9.07. The third-order valence-corrected chi connectivity index (χ3v) is 7.41. The summed E-state index contributed by atoms with van der Waals surface area (Å²) in [5.74, 6) is 0. The van der Waals surface area contributed by atoms with E-state index in [1.165, 1.54) is 12.2 Å². The first-order valence-electron chi connectivity index (χ1n) is 3.60. The number of hydrogen-bond donors (Lipinski definition) is 0. The molecule has 0 unspecified atom stereocenters. The average Bonchev–Trinajstić information content (AvgIpc) is 2.71. The van der Waals surface area contributed by atoms with Crippen molar-refractivity contribution in [2.45, 2.75) is 0 Å². The van der Waals surface area contributed by atoms with Gasteiger partial charge >= 0.3 is 96.9 Å². The Morgan fingerprint density at radius 1 is 1.08 bits per heavy atom. The van der Waals surface area contributed by atoms with Crippen molar-refractivity contribution in [3.63, 3.8) is 0 Å². The summed E-state index contributed by atoms with van der Waals surface area (Å²) in [6, 6.07) is 8.27. The van der Waals surface area contributed by atoms with E-state index < -0.39 is 0 Å². The molecule has 0 atom stereocenters. The molecule has 0 saturated heterocycles. The molecule has 0 aromatic carbocycles. The molecular weight excluding hydrogens is 362 g/mol. The van der Waals surface area contributed by atoms with Crippen molar-refractivity contribution in [3.8, 4) is 8.87 Å². The molecule has 0 fully saturated rings. The average molecular weight is 367 g/mol. The van der Waals surface area contributed by atoms with Gasteiger partial charge in [0.15, 0.2) is 0 Å². The van der Waals surface area contributed by atoms with Crippen LogP contribution < -0.4 is 0 Å². The van der Waals surface area contributed by atoms with Gasteiger partial charge in [-0.2, -0.15) is 0 Å². The van der Waals surface area contributed by atoms with Crippen LogP contribution in [0, 0.1) is 0 Å². The zero-order valence-corrected chi connectivity index (χ0v) is 11.5. The molecule has 0 spiro atoms. The van der Waals surface area contributed by atoms with Crippen LogP contribution in [0.4, 0.5) is 0 Å². The van der Waals surface area contributed by atoms with Crippen LogP contribution in [-0.2, 0) is 0 Å². The number of carbonyl (C=O) groups excluding carboxylic acids is 1. The number of carbonyl (C=O) groups is 1. The zero-order chi connectivity index (χ0) is 9.26. The van der Waals surface area contributed by atoms with Crippen LogP contribution >= 0.6 is 15.9 Å². The summed E-state index contributed by atoms with van der Waals surface area (Å²) in [5.41, 5.74) is 0. The zero-order valence-electron chi connectivity index (χ0n) is 6.49. The summed E-state index contributed by atoms with van der Waals surface area (Å²) in [6.07, 6.45) is 0.967. The molecule has 0 bridgehead atoms. The topological polar surface area (TPSA) is 17.1 Å². The molecule has 0 amide bonds. The monoisotopic (exact) mass is 368 g/mol. The molecule has 4 heteroatoms. The van der Waals surface area contributed by atoms with E-state index in [4.69, 9.17) is 0 Å². The third kappa shape index (κ3) is 2.15. The normalized spacial score (nSPS) is 10.2. The first-order valence-corrected chi connectivity index (χ1v) is 7.82. The van der Waals surface area contributed by atoms with Gasteiger partial charge in [0.2, 0.25) is 0 Å². The van der Waals surface area contributed by atoms with Crippen molar-refractivity contribution in [3.05, 3.63) is 32.0 Å². The van der Waals surface area contributed by atoms with Crippen molar-refractivity contribution < 1.29 is 4.79 Å². The maximum absolute atomic E-state index is 10.5. The molecule has 13 heavy (non-hydrogen) atoms. The molecule has 0 aliphatic heterocycles. The van der Waals surface area contributed by atoms with E-state index in [-0.39, 0.29) is 14.5 Å². The minimum absolute atomic E-state index is 0.251. The second-order valence-electron chi connectivity index (χ2n) is 2.42. The number of rotatable bonds is 2. The van der Waals surface area contributed by atoms with E-state index >= 15 is 0 Å². The number of halogens is 1. The predicted molar refractivity (Wildman–Crippen MR) is 58.8 cm³/mol. The second kappa shape index (κ2) is 4.12. The van der Waals surface area contributed by atoms with Gasteiger partial charge in [0.25, 0.3) is 0 Å². The first kappa shape index (κ1) is 9.69. The molecule has 0 radical (unpaired) electrons. The molecule has 0 aliphatic carbocycles. The Morgan fingerprint density at radius 3 is 2.31 bits per heavy atom. The van der Waals surface area contributed by atoms with E-state index in [0.717, 1.165) is 10.7 Å². The molecule has 1 nitrogen and oxygen atoms in total. The summed E-state index contributed by atoms with van der Waals surface area (Å²) < 4.78 is 5.00. The van der Waals surface area contributed by atoms with Gasteiger partial charge in [-0.15, -0.1) is 0 Å². The van der Waals surface area contributed by atoms with E-state index in [0.29, 0.717) is 14.5 Å². The molecule has 66 valence electrons. The molecule has 2 heterocycles.